The third kappa shape index (κ3) is 6.24. The van der Waals surface area contributed by atoms with Crippen molar-refractivity contribution in [3.63, 3.8) is 0 Å². The average Bonchev–Trinajstić information content (AvgIpc) is 2.60. The summed E-state index contributed by atoms with van der Waals surface area (Å²) in [5, 5.41) is 17.9. The van der Waals surface area contributed by atoms with E-state index in [0.717, 1.165) is 0 Å². The number of carbonyl (C=O) groups excluding carboxylic acids is 1. The van der Waals surface area contributed by atoms with Crippen LogP contribution in [0.3, 0.4) is 0 Å². The lowest BCUT2D eigenvalue weighted by molar-refractivity contribution is -0.385. The molecule has 0 unspecified atom stereocenters. The predicted molar refractivity (Wildman–Crippen MR) is 107 cm³/mol. The zero-order chi connectivity index (χ0) is 20.7. The molecule has 1 N–H and O–H groups in total. The van der Waals surface area contributed by atoms with Gasteiger partial charge < -0.3 is 4.74 Å². The number of amides is 1. The van der Waals surface area contributed by atoms with Gasteiger partial charge in [-0.25, -0.2) is 4.79 Å². The SMILES string of the molecule is CC(C)(C)/C(COc1ccccc1[N+](=O)[O-])=N\OC(=O)Nc1cccc(Cl)c1. The first-order valence-electron chi connectivity index (χ1n) is 8.34. The Balaban J connectivity index is 2.07. The molecule has 0 atom stereocenters. The number of nitro groups is 1. The standard InChI is InChI=1S/C19H20ClN3O5/c1-19(2,3)17(12-27-16-10-5-4-9-15(16)23(25)26)22-28-18(24)21-14-8-6-7-13(20)11-14/h4-11H,12H2,1-3H3,(H,21,24)/b22-17-. The summed E-state index contributed by atoms with van der Waals surface area (Å²) in [6, 6.07) is 12.6. The molecule has 2 aromatic carbocycles. The molecule has 0 heterocycles. The summed E-state index contributed by atoms with van der Waals surface area (Å²) in [5.41, 5.74) is 0.198. The minimum absolute atomic E-state index is 0.0845. The monoisotopic (exact) mass is 405 g/mol. The number of hydrogen-bond acceptors (Lipinski definition) is 6. The summed E-state index contributed by atoms with van der Waals surface area (Å²) in [5.74, 6) is 0.104. The minimum atomic E-state index is -0.797. The maximum atomic E-state index is 12.0. The highest BCUT2D eigenvalue weighted by Gasteiger charge is 2.23. The Kier molecular flexibility index (Phi) is 6.94. The van der Waals surface area contributed by atoms with Crippen molar-refractivity contribution in [2.75, 3.05) is 11.9 Å². The van der Waals surface area contributed by atoms with E-state index in [4.69, 9.17) is 21.2 Å². The number of nitro benzene ring substituents is 1. The zero-order valence-electron chi connectivity index (χ0n) is 15.6. The van der Waals surface area contributed by atoms with E-state index in [1.54, 1.807) is 36.4 Å². The number of carbonyl (C=O) groups is 1. The first kappa shape index (κ1) is 21.2. The molecular formula is C19H20ClN3O5. The molecule has 0 aliphatic heterocycles. The Morgan fingerprint density at radius 2 is 1.93 bits per heavy atom. The number of rotatable bonds is 6. The second kappa shape index (κ2) is 9.18. The molecule has 1 amide bonds. The molecule has 0 aliphatic carbocycles. The van der Waals surface area contributed by atoms with Gasteiger partial charge in [0.15, 0.2) is 5.75 Å². The number of hydrogen-bond donors (Lipinski definition) is 1. The van der Waals surface area contributed by atoms with Crippen molar-refractivity contribution in [1.29, 1.82) is 0 Å². The Bertz CT molecular complexity index is 893. The van der Waals surface area contributed by atoms with Crippen molar-refractivity contribution in [2.24, 2.45) is 10.6 Å². The van der Waals surface area contributed by atoms with Crippen molar-refractivity contribution in [3.8, 4) is 5.75 Å². The molecule has 9 heteroatoms. The largest absolute Gasteiger partial charge is 0.480 e. The molecule has 0 aliphatic rings. The van der Waals surface area contributed by atoms with E-state index in [9.17, 15) is 14.9 Å². The highest BCUT2D eigenvalue weighted by Crippen LogP contribution is 2.27. The van der Waals surface area contributed by atoms with Crippen LogP contribution in [0.15, 0.2) is 53.7 Å². The molecule has 0 bridgehead atoms. The smallest absolute Gasteiger partial charge is 0.437 e. The molecule has 2 aromatic rings. The number of nitrogens with one attached hydrogen (secondary N) is 1. The van der Waals surface area contributed by atoms with Gasteiger partial charge in [0, 0.05) is 22.2 Å². The van der Waals surface area contributed by atoms with Crippen molar-refractivity contribution in [1.82, 2.24) is 0 Å². The fraction of sp³-hybridized carbons (Fsp3) is 0.263. The number of para-hydroxylation sites is 2. The van der Waals surface area contributed by atoms with Crippen LogP contribution in [0.2, 0.25) is 5.02 Å². The second-order valence-corrected chi connectivity index (χ2v) is 7.25. The zero-order valence-corrected chi connectivity index (χ0v) is 16.4. The molecule has 148 valence electrons. The lowest BCUT2D eigenvalue weighted by atomic mass is 9.90. The molecule has 0 radical (unpaired) electrons. The maximum absolute atomic E-state index is 12.0. The lowest BCUT2D eigenvalue weighted by Gasteiger charge is -2.20. The van der Waals surface area contributed by atoms with Gasteiger partial charge >= 0.3 is 11.8 Å². The molecule has 2 rings (SSSR count). The van der Waals surface area contributed by atoms with Crippen LogP contribution in [-0.4, -0.2) is 23.3 Å². The first-order chi connectivity index (χ1) is 13.2. The molecule has 0 saturated carbocycles. The highest BCUT2D eigenvalue weighted by atomic mass is 35.5. The predicted octanol–water partition coefficient (Wildman–Crippen LogP) is 5.28. The van der Waals surface area contributed by atoms with Gasteiger partial charge in [0.2, 0.25) is 0 Å². The van der Waals surface area contributed by atoms with E-state index >= 15 is 0 Å². The molecule has 0 aromatic heterocycles. The Labute approximate surface area is 167 Å². The molecule has 0 spiro atoms. The van der Waals surface area contributed by atoms with Gasteiger partial charge in [-0.15, -0.1) is 0 Å². The van der Waals surface area contributed by atoms with Crippen molar-refractivity contribution in [2.45, 2.75) is 20.8 Å². The van der Waals surface area contributed by atoms with Gasteiger partial charge in [0.1, 0.15) is 12.3 Å². The van der Waals surface area contributed by atoms with Crippen LogP contribution >= 0.6 is 11.6 Å². The van der Waals surface area contributed by atoms with Crippen LogP contribution in [0, 0.1) is 15.5 Å². The Morgan fingerprint density at radius 1 is 1.21 bits per heavy atom. The lowest BCUT2D eigenvalue weighted by Crippen LogP contribution is -2.28. The van der Waals surface area contributed by atoms with E-state index in [1.807, 2.05) is 20.8 Å². The van der Waals surface area contributed by atoms with Crippen molar-refractivity contribution >= 4 is 34.8 Å². The number of benzene rings is 2. The normalized spacial score (nSPS) is 11.6. The molecule has 28 heavy (non-hydrogen) atoms. The maximum Gasteiger partial charge on any atom is 0.437 e. The van der Waals surface area contributed by atoms with Gasteiger partial charge in [-0.1, -0.05) is 55.7 Å². The van der Waals surface area contributed by atoms with Crippen LogP contribution in [-0.2, 0) is 4.84 Å². The van der Waals surface area contributed by atoms with Crippen LogP contribution in [0.4, 0.5) is 16.2 Å². The van der Waals surface area contributed by atoms with Crippen molar-refractivity contribution < 1.29 is 19.3 Å². The van der Waals surface area contributed by atoms with Crippen LogP contribution in [0.25, 0.3) is 0 Å². The summed E-state index contributed by atoms with van der Waals surface area (Å²) in [6.07, 6.45) is -0.797. The highest BCUT2D eigenvalue weighted by molar-refractivity contribution is 6.30. The Hall–Kier alpha value is -3.13. The number of oxime groups is 1. The van der Waals surface area contributed by atoms with E-state index in [2.05, 4.69) is 10.5 Å². The third-order valence-corrected chi connectivity index (χ3v) is 3.84. The topological polar surface area (TPSA) is 103 Å². The minimum Gasteiger partial charge on any atom is -0.480 e. The molecular weight excluding hydrogens is 386 g/mol. The summed E-state index contributed by atoms with van der Waals surface area (Å²) < 4.78 is 5.55. The molecule has 0 fully saturated rings. The van der Waals surface area contributed by atoms with Crippen LogP contribution in [0.1, 0.15) is 20.8 Å². The fourth-order valence-electron chi connectivity index (χ4n) is 2.06. The van der Waals surface area contributed by atoms with Crippen molar-refractivity contribution in [3.05, 3.63) is 63.7 Å². The van der Waals surface area contributed by atoms with Crippen LogP contribution in [0.5, 0.6) is 5.75 Å². The summed E-state index contributed by atoms with van der Waals surface area (Å²) >= 11 is 5.87. The molecule has 0 saturated heterocycles. The number of halogens is 1. The summed E-state index contributed by atoms with van der Waals surface area (Å²) in [4.78, 5) is 27.4. The second-order valence-electron chi connectivity index (χ2n) is 6.82. The summed E-state index contributed by atoms with van der Waals surface area (Å²) in [7, 11) is 0. The van der Waals surface area contributed by atoms with E-state index in [-0.39, 0.29) is 18.0 Å². The quantitative estimate of drug-likeness (QED) is 0.305. The fourth-order valence-corrected chi connectivity index (χ4v) is 2.25. The third-order valence-electron chi connectivity index (χ3n) is 3.60. The van der Waals surface area contributed by atoms with E-state index in [0.29, 0.717) is 16.4 Å². The number of ether oxygens (including phenoxy) is 1. The molecule has 8 nitrogen and oxygen atoms in total. The summed E-state index contributed by atoms with van der Waals surface area (Å²) in [6.45, 7) is 5.48. The average molecular weight is 406 g/mol. The van der Waals surface area contributed by atoms with Gasteiger partial charge in [-0.3, -0.25) is 20.3 Å². The van der Waals surface area contributed by atoms with E-state index < -0.39 is 16.4 Å². The Morgan fingerprint density at radius 3 is 2.57 bits per heavy atom. The first-order valence-corrected chi connectivity index (χ1v) is 8.72. The van der Waals surface area contributed by atoms with Crippen LogP contribution < -0.4 is 10.1 Å². The van der Waals surface area contributed by atoms with Gasteiger partial charge in [0.25, 0.3) is 0 Å². The van der Waals surface area contributed by atoms with Gasteiger partial charge in [0.05, 0.1) is 4.92 Å². The number of nitrogens with zero attached hydrogens (tertiary/aromatic N) is 2. The number of anilines is 1. The van der Waals surface area contributed by atoms with Gasteiger partial charge in [-0.2, -0.15) is 0 Å². The van der Waals surface area contributed by atoms with E-state index in [1.165, 1.54) is 12.1 Å². The van der Waals surface area contributed by atoms with Gasteiger partial charge in [-0.05, 0) is 24.3 Å².